The minimum Gasteiger partial charge on any atom is -0.362 e. The summed E-state index contributed by atoms with van der Waals surface area (Å²) in [6, 6.07) is 8.00. The third kappa shape index (κ3) is 8.22. The number of hydrogen-bond acceptors (Lipinski definition) is 1. The van der Waals surface area contributed by atoms with Crippen LogP contribution in [0.3, 0.4) is 0 Å². The first kappa shape index (κ1) is 16.4. The summed E-state index contributed by atoms with van der Waals surface area (Å²) in [5.41, 5.74) is 1.02. The van der Waals surface area contributed by atoms with Crippen LogP contribution in [-0.2, 0) is 0 Å². The predicted octanol–water partition coefficient (Wildman–Crippen LogP) is 5.10. The van der Waals surface area contributed by atoms with Crippen molar-refractivity contribution in [3.05, 3.63) is 28.7 Å². The molecule has 0 amide bonds. The third-order valence-corrected chi connectivity index (χ3v) is 3.69. The molecule has 0 aromatic heterocycles. The van der Waals surface area contributed by atoms with Crippen molar-refractivity contribution < 1.29 is 0 Å². The fourth-order valence-electron chi connectivity index (χ4n) is 1.82. The highest BCUT2D eigenvalue weighted by Gasteiger charge is 1.97. The minimum absolute atomic E-state index is 0.705. The number of anilines is 1. The fourth-order valence-corrected chi connectivity index (χ4v) is 2.30. The summed E-state index contributed by atoms with van der Waals surface area (Å²) in [5, 5.41) is 7.13. The highest BCUT2D eigenvalue weighted by atomic mass is 79.9. The van der Waals surface area contributed by atoms with Gasteiger partial charge < -0.3 is 10.6 Å². The Hall–Kier alpha value is -0.610. The number of thiocarbonyl (C=S) groups is 1. The molecule has 1 aromatic rings. The lowest BCUT2D eigenvalue weighted by Crippen LogP contribution is -2.29. The average molecular weight is 343 g/mol. The van der Waals surface area contributed by atoms with Gasteiger partial charge in [-0.25, -0.2) is 0 Å². The van der Waals surface area contributed by atoms with E-state index in [4.69, 9.17) is 12.2 Å². The molecule has 106 valence electrons. The first-order valence-corrected chi connectivity index (χ1v) is 8.23. The van der Waals surface area contributed by atoms with Gasteiger partial charge >= 0.3 is 0 Å². The standard InChI is InChI=1S/C15H23BrN2S/c1-2-3-4-5-6-7-12-17-15(19)18-14-10-8-13(16)9-11-14/h8-11H,2-7,12H2,1H3,(H2,17,18,19). The number of hydrogen-bond donors (Lipinski definition) is 2. The van der Waals surface area contributed by atoms with E-state index in [1.807, 2.05) is 24.3 Å². The van der Waals surface area contributed by atoms with Crippen LogP contribution in [0.15, 0.2) is 28.7 Å². The van der Waals surface area contributed by atoms with Crippen LogP contribution in [-0.4, -0.2) is 11.7 Å². The minimum atomic E-state index is 0.705. The van der Waals surface area contributed by atoms with Crippen molar-refractivity contribution >= 4 is 38.9 Å². The summed E-state index contributed by atoms with van der Waals surface area (Å²) in [7, 11) is 0. The van der Waals surface area contributed by atoms with Gasteiger partial charge in [-0.3, -0.25) is 0 Å². The summed E-state index contributed by atoms with van der Waals surface area (Å²) in [6.45, 7) is 3.20. The molecule has 4 heteroatoms. The molecule has 0 spiro atoms. The highest BCUT2D eigenvalue weighted by Crippen LogP contribution is 2.13. The van der Waals surface area contributed by atoms with Crippen molar-refractivity contribution in [3.8, 4) is 0 Å². The van der Waals surface area contributed by atoms with Gasteiger partial charge in [-0.05, 0) is 42.9 Å². The maximum Gasteiger partial charge on any atom is 0.170 e. The fraction of sp³-hybridized carbons (Fsp3) is 0.533. The maximum atomic E-state index is 5.25. The Morgan fingerprint density at radius 2 is 1.68 bits per heavy atom. The summed E-state index contributed by atoms with van der Waals surface area (Å²) in [5.74, 6) is 0. The van der Waals surface area contributed by atoms with Gasteiger partial charge in [0.1, 0.15) is 0 Å². The zero-order chi connectivity index (χ0) is 13.9. The van der Waals surface area contributed by atoms with Crippen LogP contribution in [0.1, 0.15) is 45.4 Å². The largest absolute Gasteiger partial charge is 0.362 e. The molecule has 0 unspecified atom stereocenters. The van der Waals surface area contributed by atoms with Gasteiger partial charge in [0.05, 0.1) is 0 Å². The van der Waals surface area contributed by atoms with Gasteiger partial charge in [-0.2, -0.15) is 0 Å². The van der Waals surface area contributed by atoms with Crippen LogP contribution >= 0.6 is 28.1 Å². The van der Waals surface area contributed by atoms with Crippen LogP contribution in [0.4, 0.5) is 5.69 Å². The molecule has 0 saturated heterocycles. The summed E-state index contributed by atoms with van der Waals surface area (Å²) in [4.78, 5) is 0. The zero-order valence-corrected chi connectivity index (χ0v) is 13.9. The molecule has 1 rings (SSSR count). The van der Waals surface area contributed by atoms with E-state index in [0.717, 1.165) is 16.7 Å². The van der Waals surface area contributed by atoms with E-state index in [9.17, 15) is 0 Å². The molecular weight excluding hydrogens is 320 g/mol. The van der Waals surface area contributed by atoms with E-state index in [0.29, 0.717) is 5.11 Å². The predicted molar refractivity (Wildman–Crippen MR) is 91.7 cm³/mol. The van der Waals surface area contributed by atoms with Crippen molar-refractivity contribution in [2.24, 2.45) is 0 Å². The molecule has 0 heterocycles. The van der Waals surface area contributed by atoms with Gasteiger partial charge in [0.15, 0.2) is 5.11 Å². The Bertz CT molecular complexity index is 365. The van der Waals surface area contributed by atoms with E-state index in [2.05, 4.69) is 33.5 Å². The third-order valence-electron chi connectivity index (χ3n) is 2.92. The Labute approximate surface area is 130 Å². The van der Waals surface area contributed by atoms with Crippen LogP contribution in [0.2, 0.25) is 0 Å². The molecule has 0 radical (unpaired) electrons. The molecule has 0 fully saturated rings. The number of nitrogens with one attached hydrogen (secondary N) is 2. The quantitative estimate of drug-likeness (QED) is 0.507. The summed E-state index contributed by atoms with van der Waals surface area (Å²) in [6.07, 6.45) is 7.83. The molecule has 0 bridgehead atoms. The lowest BCUT2D eigenvalue weighted by molar-refractivity contribution is 0.603. The molecule has 0 aliphatic rings. The summed E-state index contributed by atoms with van der Waals surface area (Å²) >= 11 is 8.67. The van der Waals surface area contributed by atoms with E-state index >= 15 is 0 Å². The molecule has 0 saturated carbocycles. The van der Waals surface area contributed by atoms with E-state index in [1.165, 1.54) is 38.5 Å². The van der Waals surface area contributed by atoms with Crippen LogP contribution in [0, 0.1) is 0 Å². The lowest BCUT2D eigenvalue weighted by atomic mass is 10.1. The number of benzene rings is 1. The van der Waals surface area contributed by atoms with Crippen molar-refractivity contribution in [1.82, 2.24) is 5.32 Å². The molecule has 1 aromatic carbocycles. The van der Waals surface area contributed by atoms with E-state index < -0.39 is 0 Å². The van der Waals surface area contributed by atoms with Crippen molar-refractivity contribution in [1.29, 1.82) is 0 Å². The van der Waals surface area contributed by atoms with E-state index in [1.54, 1.807) is 0 Å². The first-order valence-electron chi connectivity index (χ1n) is 7.03. The smallest absolute Gasteiger partial charge is 0.170 e. The second-order valence-electron chi connectivity index (χ2n) is 4.66. The lowest BCUT2D eigenvalue weighted by Gasteiger charge is -2.10. The second kappa shape index (κ2) is 10.2. The normalized spacial score (nSPS) is 10.2. The zero-order valence-electron chi connectivity index (χ0n) is 11.5. The van der Waals surface area contributed by atoms with Crippen molar-refractivity contribution in [2.75, 3.05) is 11.9 Å². The van der Waals surface area contributed by atoms with E-state index in [-0.39, 0.29) is 0 Å². The molecule has 0 aliphatic heterocycles. The number of unbranched alkanes of at least 4 members (excludes halogenated alkanes) is 5. The molecule has 2 nitrogen and oxygen atoms in total. The molecular formula is C15H23BrN2S. The van der Waals surface area contributed by atoms with Crippen LogP contribution in [0.5, 0.6) is 0 Å². The number of rotatable bonds is 8. The highest BCUT2D eigenvalue weighted by molar-refractivity contribution is 9.10. The van der Waals surface area contributed by atoms with Crippen molar-refractivity contribution in [3.63, 3.8) is 0 Å². The SMILES string of the molecule is CCCCCCCCNC(=S)Nc1ccc(Br)cc1. The summed E-state index contributed by atoms with van der Waals surface area (Å²) < 4.78 is 1.07. The van der Waals surface area contributed by atoms with Gasteiger partial charge in [-0.15, -0.1) is 0 Å². The van der Waals surface area contributed by atoms with Gasteiger partial charge in [0.25, 0.3) is 0 Å². The Morgan fingerprint density at radius 3 is 2.37 bits per heavy atom. The van der Waals surface area contributed by atoms with Crippen LogP contribution < -0.4 is 10.6 Å². The van der Waals surface area contributed by atoms with Gasteiger partial charge in [0.2, 0.25) is 0 Å². The Kier molecular flexibility index (Phi) is 8.84. The number of halogens is 1. The average Bonchev–Trinajstić information content (AvgIpc) is 2.40. The molecule has 0 aliphatic carbocycles. The molecule has 2 N–H and O–H groups in total. The van der Waals surface area contributed by atoms with Crippen molar-refractivity contribution in [2.45, 2.75) is 45.4 Å². The topological polar surface area (TPSA) is 24.1 Å². The Morgan fingerprint density at radius 1 is 1.05 bits per heavy atom. The monoisotopic (exact) mass is 342 g/mol. The maximum absolute atomic E-state index is 5.25. The molecule has 0 atom stereocenters. The van der Waals surface area contributed by atoms with Crippen LogP contribution in [0.25, 0.3) is 0 Å². The first-order chi connectivity index (χ1) is 9.22. The Balaban J connectivity index is 2.06. The second-order valence-corrected chi connectivity index (χ2v) is 5.98. The van der Waals surface area contributed by atoms with Gasteiger partial charge in [-0.1, -0.05) is 55.0 Å². The molecule has 19 heavy (non-hydrogen) atoms. The van der Waals surface area contributed by atoms with Gasteiger partial charge in [0, 0.05) is 16.7 Å².